The molecule has 8 heteroatoms. The molecule has 0 aliphatic carbocycles. The number of ether oxygens (including phenoxy) is 1. The molecule has 2 rings (SSSR count). The number of hydrogen-bond donors (Lipinski definition) is 1. The van der Waals surface area contributed by atoms with Gasteiger partial charge in [0.2, 0.25) is 0 Å². The predicted octanol–water partition coefficient (Wildman–Crippen LogP) is 2.57. The molecule has 0 spiro atoms. The van der Waals surface area contributed by atoms with Crippen LogP contribution in [0.3, 0.4) is 0 Å². The lowest BCUT2D eigenvalue weighted by Crippen LogP contribution is -2.22. The fraction of sp³-hybridized carbons (Fsp3) is 0.118. The number of rotatable bonds is 5. The molecule has 2 aromatic carbocycles. The summed E-state index contributed by atoms with van der Waals surface area (Å²) in [5, 5.41) is 22.2. The highest BCUT2D eigenvalue weighted by Gasteiger charge is 2.18. The van der Waals surface area contributed by atoms with E-state index in [2.05, 4.69) is 5.32 Å². The molecule has 0 saturated heterocycles. The number of nitro groups is 1. The molecule has 2 aromatic rings. The second kappa shape index (κ2) is 7.70. The normalized spacial score (nSPS) is 9.76. The molecule has 1 N–H and O–H groups in total. The van der Waals surface area contributed by atoms with Crippen LogP contribution in [0.1, 0.15) is 21.5 Å². The number of nitro benzene ring substituents is 1. The maximum atomic E-state index is 11.9. The number of aryl methyl sites for hydroxylation is 1. The van der Waals surface area contributed by atoms with E-state index in [9.17, 15) is 19.7 Å². The highest BCUT2D eigenvalue weighted by atomic mass is 16.6. The van der Waals surface area contributed by atoms with Gasteiger partial charge in [-0.05, 0) is 30.7 Å². The summed E-state index contributed by atoms with van der Waals surface area (Å²) in [6.07, 6.45) is 0. The number of para-hydroxylation sites is 1. The summed E-state index contributed by atoms with van der Waals surface area (Å²) in [7, 11) is 0. The highest BCUT2D eigenvalue weighted by molar-refractivity contribution is 5.97. The maximum Gasteiger partial charge on any atom is 0.338 e. The van der Waals surface area contributed by atoms with Crippen molar-refractivity contribution in [2.75, 3.05) is 11.9 Å². The van der Waals surface area contributed by atoms with Gasteiger partial charge in [0.05, 0.1) is 22.1 Å². The summed E-state index contributed by atoms with van der Waals surface area (Å²) in [6, 6.07) is 12.1. The molecule has 0 unspecified atom stereocenters. The Morgan fingerprint density at radius 2 is 2.00 bits per heavy atom. The number of nitrogens with zero attached hydrogens (tertiary/aromatic N) is 2. The number of amides is 1. The number of carbonyl (C=O) groups excluding carboxylic acids is 2. The second-order valence-corrected chi connectivity index (χ2v) is 5.04. The van der Waals surface area contributed by atoms with Crippen LogP contribution >= 0.6 is 0 Å². The quantitative estimate of drug-likeness (QED) is 0.507. The first kappa shape index (κ1) is 17.6. The Hall–Kier alpha value is -3.73. The van der Waals surface area contributed by atoms with Gasteiger partial charge in [-0.3, -0.25) is 14.9 Å². The lowest BCUT2D eigenvalue weighted by molar-refractivity contribution is -0.384. The third-order valence-corrected chi connectivity index (χ3v) is 3.27. The van der Waals surface area contributed by atoms with Crippen molar-refractivity contribution in [2.45, 2.75) is 6.92 Å². The van der Waals surface area contributed by atoms with Crippen molar-refractivity contribution >= 4 is 23.3 Å². The van der Waals surface area contributed by atoms with Gasteiger partial charge in [-0.15, -0.1) is 0 Å². The lowest BCUT2D eigenvalue weighted by atomic mass is 10.1. The predicted molar refractivity (Wildman–Crippen MR) is 87.9 cm³/mol. The molecule has 0 aliphatic heterocycles. The van der Waals surface area contributed by atoms with Crippen molar-refractivity contribution in [2.24, 2.45) is 0 Å². The number of esters is 1. The molecular formula is C17H13N3O5. The minimum Gasteiger partial charge on any atom is -0.452 e. The van der Waals surface area contributed by atoms with Crippen molar-refractivity contribution in [3.05, 3.63) is 69.3 Å². The second-order valence-electron chi connectivity index (χ2n) is 5.04. The first-order chi connectivity index (χ1) is 11.9. The molecule has 0 saturated carbocycles. The zero-order valence-electron chi connectivity index (χ0n) is 13.2. The fourth-order valence-electron chi connectivity index (χ4n) is 2.07. The van der Waals surface area contributed by atoms with Gasteiger partial charge in [-0.2, -0.15) is 5.26 Å². The minimum absolute atomic E-state index is 0.0556. The molecule has 0 heterocycles. The summed E-state index contributed by atoms with van der Waals surface area (Å²) < 4.78 is 4.87. The van der Waals surface area contributed by atoms with Crippen molar-refractivity contribution in [1.82, 2.24) is 0 Å². The van der Waals surface area contributed by atoms with E-state index >= 15 is 0 Å². The molecule has 0 bridgehead atoms. The van der Waals surface area contributed by atoms with Crippen LogP contribution in [0.15, 0.2) is 42.5 Å². The van der Waals surface area contributed by atoms with Gasteiger partial charge >= 0.3 is 5.97 Å². The van der Waals surface area contributed by atoms with E-state index in [1.807, 2.05) is 6.07 Å². The summed E-state index contributed by atoms with van der Waals surface area (Å²) in [6.45, 7) is 1.00. The highest BCUT2D eigenvalue weighted by Crippen LogP contribution is 2.27. The summed E-state index contributed by atoms with van der Waals surface area (Å²) >= 11 is 0. The van der Waals surface area contributed by atoms with E-state index in [0.29, 0.717) is 5.56 Å². The number of nitrogens with one attached hydrogen (secondary N) is 1. The van der Waals surface area contributed by atoms with Crippen LogP contribution in [0.25, 0.3) is 0 Å². The first-order valence-electron chi connectivity index (χ1n) is 7.13. The largest absolute Gasteiger partial charge is 0.452 e. The number of benzene rings is 2. The van der Waals surface area contributed by atoms with Crippen LogP contribution in [0.4, 0.5) is 11.4 Å². The van der Waals surface area contributed by atoms with Gasteiger partial charge in [-0.1, -0.05) is 18.2 Å². The standard InChI is InChI=1S/C17H13N3O5/c1-11-4-2-7-14(20(23)24)16(11)19-15(21)10-25-17(22)13-6-3-5-12(8-13)9-18/h2-8H,10H2,1H3,(H,19,21). The Morgan fingerprint density at radius 1 is 1.28 bits per heavy atom. The number of nitriles is 1. The monoisotopic (exact) mass is 339 g/mol. The number of carbonyl (C=O) groups is 2. The summed E-state index contributed by atoms with van der Waals surface area (Å²) in [5.74, 6) is -1.48. The maximum absolute atomic E-state index is 11.9. The summed E-state index contributed by atoms with van der Waals surface area (Å²) in [5.41, 5.74) is 0.736. The van der Waals surface area contributed by atoms with E-state index < -0.39 is 23.4 Å². The van der Waals surface area contributed by atoms with Crippen molar-refractivity contribution in [3.63, 3.8) is 0 Å². The zero-order chi connectivity index (χ0) is 18.4. The Labute approximate surface area is 142 Å². The van der Waals surface area contributed by atoms with E-state index in [1.54, 1.807) is 13.0 Å². The summed E-state index contributed by atoms with van der Waals surface area (Å²) in [4.78, 5) is 34.2. The number of anilines is 1. The van der Waals surface area contributed by atoms with E-state index in [1.165, 1.54) is 36.4 Å². The number of hydrogen-bond acceptors (Lipinski definition) is 6. The van der Waals surface area contributed by atoms with Crippen LogP contribution in [-0.2, 0) is 9.53 Å². The Balaban J connectivity index is 2.03. The van der Waals surface area contributed by atoms with Gasteiger partial charge in [-0.25, -0.2) is 4.79 Å². The average Bonchev–Trinajstić information content (AvgIpc) is 2.61. The average molecular weight is 339 g/mol. The molecule has 0 fully saturated rings. The van der Waals surface area contributed by atoms with Gasteiger partial charge < -0.3 is 10.1 Å². The van der Waals surface area contributed by atoms with Crippen molar-refractivity contribution in [1.29, 1.82) is 5.26 Å². The third-order valence-electron chi connectivity index (χ3n) is 3.27. The van der Waals surface area contributed by atoms with Crippen molar-refractivity contribution < 1.29 is 19.2 Å². The molecule has 25 heavy (non-hydrogen) atoms. The van der Waals surface area contributed by atoms with Gasteiger partial charge in [0.15, 0.2) is 6.61 Å². The molecule has 0 aliphatic rings. The molecule has 0 aromatic heterocycles. The van der Waals surface area contributed by atoms with E-state index in [4.69, 9.17) is 10.00 Å². The van der Waals surface area contributed by atoms with Crippen molar-refractivity contribution in [3.8, 4) is 6.07 Å². The lowest BCUT2D eigenvalue weighted by Gasteiger charge is -2.09. The topological polar surface area (TPSA) is 122 Å². The van der Waals surface area contributed by atoms with Gasteiger partial charge in [0, 0.05) is 6.07 Å². The fourth-order valence-corrected chi connectivity index (χ4v) is 2.07. The molecular weight excluding hydrogens is 326 g/mol. The molecule has 0 atom stereocenters. The van der Waals surface area contributed by atoms with Crippen LogP contribution in [-0.4, -0.2) is 23.4 Å². The van der Waals surface area contributed by atoms with Crippen LogP contribution in [0.5, 0.6) is 0 Å². The smallest absolute Gasteiger partial charge is 0.338 e. The molecule has 126 valence electrons. The first-order valence-corrected chi connectivity index (χ1v) is 7.13. The van der Waals surface area contributed by atoms with Crippen LogP contribution in [0, 0.1) is 28.4 Å². The van der Waals surface area contributed by atoms with Gasteiger partial charge in [0.1, 0.15) is 5.69 Å². The van der Waals surface area contributed by atoms with Gasteiger partial charge in [0.25, 0.3) is 11.6 Å². The third kappa shape index (κ3) is 4.39. The van der Waals surface area contributed by atoms with E-state index in [-0.39, 0.29) is 22.5 Å². The Kier molecular flexibility index (Phi) is 5.43. The van der Waals surface area contributed by atoms with E-state index in [0.717, 1.165) is 0 Å². The van der Waals surface area contributed by atoms with Crippen LogP contribution < -0.4 is 5.32 Å². The Morgan fingerprint density at radius 3 is 2.68 bits per heavy atom. The molecule has 1 amide bonds. The molecule has 0 radical (unpaired) electrons. The minimum atomic E-state index is -0.772. The zero-order valence-corrected chi connectivity index (χ0v) is 13.2. The molecule has 8 nitrogen and oxygen atoms in total. The Bertz CT molecular complexity index is 886. The van der Waals surface area contributed by atoms with Crippen LogP contribution in [0.2, 0.25) is 0 Å². The SMILES string of the molecule is Cc1cccc([N+](=O)[O-])c1NC(=O)COC(=O)c1cccc(C#N)c1.